The molecule has 0 spiro atoms. The minimum absolute atomic E-state index is 0.0967. The molecule has 0 bridgehead atoms. The number of amides is 1. The molecule has 5 nitrogen and oxygen atoms in total. The Morgan fingerprint density at radius 2 is 1.76 bits per heavy atom. The molecule has 166 valence electrons. The average molecular weight is 438 g/mol. The standard InChI is InChI=1S/C28H27N3O2/c1-5-21-9-6-8-19(3)26(21)30-28(33)25-24(32)16-20(4)31(23-13-11-18(2)12-14-23)27(25)22-10-7-15-29-17-22/h6-17H,5H2,1-4H3,(H,30,33). The SMILES string of the molecule is CCc1cccc(C)c1NC(=O)c1c(-c2cccnc2)n(-c2ccc(C)cc2)c(C)cc1=O. The molecule has 4 aromatic rings. The Bertz CT molecular complexity index is 1370. The van der Waals surface area contributed by atoms with E-state index in [-0.39, 0.29) is 11.0 Å². The van der Waals surface area contributed by atoms with Crippen molar-refractivity contribution >= 4 is 11.6 Å². The number of nitrogens with zero attached hydrogens (tertiary/aromatic N) is 2. The lowest BCUT2D eigenvalue weighted by Gasteiger charge is -2.21. The van der Waals surface area contributed by atoms with Gasteiger partial charge in [-0.2, -0.15) is 0 Å². The predicted octanol–water partition coefficient (Wildman–Crippen LogP) is 5.64. The van der Waals surface area contributed by atoms with Crippen LogP contribution < -0.4 is 10.7 Å². The molecule has 0 aliphatic heterocycles. The first-order chi connectivity index (χ1) is 15.9. The van der Waals surface area contributed by atoms with Crippen molar-refractivity contribution in [1.82, 2.24) is 9.55 Å². The van der Waals surface area contributed by atoms with Crippen LogP contribution in [0.2, 0.25) is 0 Å². The normalized spacial score (nSPS) is 10.8. The van der Waals surface area contributed by atoms with E-state index in [2.05, 4.69) is 10.3 Å². The van der Waals surface area contributed by atoms with Gasteiger partial charge in [-0.25, -0.2) is 0 Å². The van der Waals surface area contributed by atoms with Crippen molar-refractivity contribution in [1.29, 1.82) is 0 Å². The van der Waals surface area contributed by atoms with Crippen molar-refractivity contribution in [2.75, 3.05) is 5.32 Å². The first-order valence-electron chi connectivity index (χ1n) is 11.0. The molecule has 2 aromatic heterocycles. The van der Waals surface area contributed by atoms with Crippen molar-refractivity contribution in [2.45, 2.75) is 34.1 Å². The lowest BCUT2D eigenvalue weighted by molar-refractivity contribution is 0.102. The lowest BCUT2D eigenvalue weighted by atomic mass is 10.0. The number of hydrogen-bond donors (Lipinski definition) is 1. The molecule has 0 unspecified atom stereocenters. The van der Waals surface area contributed by atoms with Gasteiger partial charge in [-0.1, -0.05) is 42.8 Å². The van der Waals surface area contributed by atoms with E-state index in [1.807, 2.05) is 80.8 Å². The van der Waals surface area contributed by atoms with E-state index < -0.39 is 5.91 Å². The molecule has 4 rings (SSSR count). The highest BCUT2D eigenvalue weighted by molar-refractivity contribution is 6.09. The van der Waals surface area contributed by atoms with Crippen LogP contribution in [0.3, 0.4) is 0 Å². The molecule has 2 aromatic carbocycles. The summed E-state index contributed by atoms with van der Waals surface area (Å²) in [5.74, 6) is -0.427. The van der Waals surface area contributed by atoms with Crippen LogP contribution in [0, 0.1) is 20.8 Å². The van der Waals surface area contributed by atoms with Crippen molar-refractivity contribution in [3.8, 4) is 16.9 Å². The molecule has 0 atom stereocenters. The maximum atomic E-state index is 13.7. The topological polar surface area (TPSA) is 64.0 Å². The molecule has 1 N–H and O–H groups in total. The summed E-state index contributed by atoms with van der Waals surface area (Å²) in [4.78, 5) is 31.2. The van der Waals surface area contributed by atoms with Gasteiger partial charge in [0.25, 0.3) is 5.91 Å². The van der Waals surface area contributed by atoms with Gasteiger partial charge in [0.1, 0.15) is 5.56 Å². The second-order valence-electron chi connectivity index (χ2n) is 8.20. The summed E-state index contributed by atoms with van der Waals surface area (Å²) < 4.78 is 1.95. The maximum absolute atomic E-state index is 13.7. The van der Waals surface area contributed by atoms with E-state index in [0.717, 1.165) is 40.2 Å². The third-order valence-electron chi connectivity index (χ3n) is 5.83. The van der Waals surface area contributed by atoms with Gasteiger partial charge in [-0.05, 0) is 62.6 Å². The Kier molecular flexibility index (Phi) is 6.22. The summed E-state index contributed by atoms with van der Waals surface area (Å²) >= 11 is 0. The smallest absolute Gasteiger partial charge is 0.261 e. The molecule has 0 saturated carbocycles. The highest BCUT2D eigenvalue weighted by Crippen LogP contribution is 2.28. The molecule has 0 aliphatic carbocycles. The van der Waals surface area contributed by atoms with E-state index in [4.69, 9.17) is 0 Å². The number of para-hydroxylation sites is 1. The number of carbonyl (C=O) groups is 1. The van der Waals surface area contributed by atoms with E-state index in [0.29, 0.717) is 11.3 Å². The van der Waals surface area contributed by atoms with E-state index in [9.17, 15) is 9.59 Å². The van der Waals surface area contributed by atoms with Crippen molar-refractivity contribution in [3.63, 3.8) is 0 Å². The number of pyridine rings is 2. The molecule has 0 radical (unpaired) electrons. The summed E-state index contributed by atoms with van der Waals surface area (Å²) in [5.41, 5.74) is 6.48. The molecular weight excluding hydrogens is 410 g/mol. The van der Waals surface area contributed by atoms with Gasteiger partial charge in [0.2, 0.25) is 0 Å². The fourth-order valence-electron chi connectivity index (χ4n) is 4.13. The molecule has 2 heterocycles. The summed E-state index contributed by atoms with van der Waals surface area (Å²) in [6, 6.07) is 19.1. The number of nitrogens with one attached hydrogen (secondary N) is 1. The van der Waals surface area contributed by atoms with Crippen LogP contribution in [0.5, 0.6) is 0 Å². The van der Waals surface area contributed by atoms with E-state index in [1.54, 1.807) is 18.5 Å². The fraction of sp³-hybridized carbons (Fsp3) is 0.179. The highest BCUT2D eigenvalue weighted by atomic mass is 16.2. The Hall–Kier alpha value is -3.99. The first kappa shape index (κ1) is 22.2. The molecular formula is C28H27N3O2. The van der Waals surface area contributed by atoms with Crippen LogP contribution in [0.25, 0.3) is 16.9 Å². The van der Waals surface area contributed by atoms with Crippen molar-refractivity contribution in [3.05, 3.63) is 111 Å². The number of anilines is 1. The zero-order chi connectivity index (χ0) is 23.5. The number of benzene rings is 2. The van der Waals surface area contributed by atoms with Crippen LogP contribution in [0.4, 0.5) is 5.69 Å². The molecule has 5 heteroatoms. The van der Waals surface area contributed by atoms with Crippen LogP contribution in [0.1, 0.15) is 39.7 Å². The van der Waals surface area contributed by atoms with Gasteiger partial charge >= 0.3 is 0 Å². The molecule has 1 amide bonds. The van der Waals surface area contributed by atoms with Crippen LogP contribution in [-0.2, 0) is 6.42 Å². The maximum Gasteiger partial charge on any atom is 0.261 e. The number of aryl methyl sites for hydroxylation is 4. The predicted molar refractivity (Wildman–Crippen MR) is 133 cm³/mol. The quantitative estimate of drug-likeness (QED) is 0.439. The summed E-state index contributed by atoms with van der Waals surface area (Å²) in [7, 11) is 0. The van der Waals surface area contributed by atoms with Crippen LogP contribution in [0.15, 0.2) is 77.9 Å². The molecule has 33 heavy (non-hydrogen) atoms. The lowest BCUT2D eigenvalue weighted by Crippen LogP contribution is -2.27. The van der Waals surface area contributed by atoms with Crippen LogP contribution in [-0.4, -0.2) is 15.5 Å². The number of carbonyl (C=O) groups excluding carboxylic acids is 1. The molecule has 0 saturated heterocycles. The van der Waals surface area contributed by atoms with E-state index >= 15 is 0 Å². The number of hydrogen-bond acceptors (Lipinski definition) is 3. The van der Waals surface area contributed by atoms with Gasteiger partial charge in [0.15, 0.2) is 5.43 Å². The van der Waals surface area contributed by atoms with Crippen molar-refractivity contribution < 1.29 is 4.79 Å². The zero-order valence-electron chi connectivity index (χ0n) is 19.3. The Morgan fingerprint density at radius 3 is 2.42 bits per heavy atom. The van der Waals surface area contributed by atoms with Gasteiger partial charge in [0, 0.05) is 41.1 Å². The van der Waals surface area contributed by atoms with Gasteiger partial charge in [-0.15, -0.1) is 0 Å². The minimum atomic E-state index is -0.427. The second kappa shape index (κ2) is 9.25. The Morgan fingerprint density at radius 1 is 1.00 bits per heavy atom. The molecule has 0 fully saturated rings. The van der Waals surface area contributed by atoms with Gasteiger partial charge in [0.05, 0.1) is 5.69 Å². The fourth-order valence-corrected chi connectivity index (χ4v) is 4.13. The average Bonchev–Trinajstić information content (AvgIpc) is 2.81. The number of aromatic nitrogens is 2. The van der Waals surface area contributed by atoms with Crippen LogP contribution >= 0.6 is 0 Å². The van der Waals surface area contributed by atoms with Gasteiger partial charge in [-0.3, -0.25) is 14.6 Å². The summed E-state index contributed by atoms with van der Waals surface area (Å²) in [5, 5.41) is 3.03. The number of rotatable bonds is 5. The highest BCUT2D eigenvalue weighted by Gasteiger charge is 2.23. The minimum Gasteiger partial charge on any atom is -0.321 e. The van der Waals surface area contributed by atoms with Gasteiger partial charge < -0.3 is 9.88 Å². The summed E-state index contributed by atoms with van der Waals surface area (Å²) in [6.45, 7) is 7.90. The molecule has 0 aliphatic rings. The third kappa shape index (κ3) is 4.35. The van der Waals surface area contributed by atoms with Crippen molar-refractivity contribution in [2.24, 2.45) is 0 Å². The Balaban J connectivity index is 1.97. The summed E-state index contributed by atoms with van der Waals surface area (Å²) in [6.07, 6.45) is 4.13. The Labute approximate surface area is 193 Å². The zero-order valence-corrected chi connectivity index (χ0v) is 19.3. The van der Waals surface area contributed by atoms with E-state index in [1.165, 1.54) is 6.07 Å². The largest absolute Gasteiger partial charge is 0.321 e. The first-order valence-corrected chi connectivity index (χ1v) is 11.0. The second-order valence-corrected chi connectivity index (χ2v) is 8.20. The third-order valence-corrected chi connectivity index (χ3v) is 5.83. The monoisotopic (exact) mass is 437 g/mol.